The summed E-state index contributed by atoms with van der Waals surface area (Å²) in [5.41, 5.74) is 7.56. The molecule has 1 amide bonds. The third-order valence-electron chi connectivity index (χ3n) is 2.72. The Morgan fingerprint density at radius 1 is 1.48 bits per heavy atom. The highest BCUT2D eigenvalue weighted by Crippen LogP contribution is 2.21. The Morgan fingerprint density at radius 3 is 3.00 bits per heavy atom. The lowest BCUT2D eigenvalue weighted by atomic mass is 10.1. The molecule has 1 heterocycles. The lowest BCUT2D eigenvalue weighted by Gasteiger charge is -2.06. The van der Waals surface area contributed by atoms with E-state index in [-0.39, 0.29) is 11.8 Å². The van der Waals surface area contributed by atoms with E-state index in [1.807, 2.05) is 38.1 Å². The Bertz CT molecular complexity index is 697. The summed E-state index contributed by atoms with van der Waals surface area (Å²) in [6.07, 6.45) is 0. The largest absolute Gasteiger partial charge is 0.321 e. The first-order chi connectivity index (χ1) is 10.1. The number of nitrogens with one attached hydrogen (secondary N) is 1. The van der Waals surface area contributed by atoms with Crippen molar-refractivity contribution in [2.24, 2.45) is 5.73 Å². The molecule has 0 spiro atoms. The Hall–Kier alpha value is -2.23. The van der Waals surface area contributed by atoms with Crippen LogP contribution in [0, 0.1) is 11.8 Å². The number of carbonyl (C=O) groups excluding carboxylic acids is 1. The number of anilines is 1. The number of amides is 1. The molecule has 0 unspecified atom stereocenters. The molecule has 0 atom stereocenters. The quantitative estimate of drug-likeness (QED) is 0.852. The molecule has 0 radical (unpaired) electrons. The zero-order valence-electron chi connectivity index (χ0n) is 11.9. The summed E-state index contributed by atoms with van der Waals surface area (Å²) in [7, 11) is 0. The van der Waals surface area contributed by atoms with E-state index in [1.165, 1.54) is 0 Å². The van der Waals surface area contributed by atoms with Crippen LogP contribution in [0.15, 0.2) is 24.3 Å². The van der Waals surface area contributed by atoms with Crippen molar-refractivity contribution in [3.63, 3.8) is 0 Å². The Morgan fingerprint density at radius 2 is 2.29 bits per heavy atom. The molecular weight excluding hydrogens is 284 g/mol. The number of carbonyl (C=O) groups is 1. The normalized spacial score (nSPS) is 10.1. The predicted molar refractivity (Wildman–Crippen MR) is 84.3 cm³/mol. The summed E-state index contributed by atoms with van der Waals surface area (Å²) in [6.45, 7) is 4.27. The van der Waals surface area contributed by atoms with E-state index >= 15 is 0 Å². The van der Waals surface area contributed by atoms with Gasteiger partial charge in [-0.25, -0.2) is 0 Å². The highest BCUT2D eigenvalue weighted by atomic mass is 32.1. The maximum absolute atomic E-state index is 12.3. The summed E-state index contributed by atoms with van der Waals surface area (Å²) in [6, 6.07) is 7.33. The van der Waals surface area contributed by atoms with E-state index < -0.39 is 0 Å². The third-order valence-corrected chi connectivity index (χ3v) is 3.46. The van der Waals surface area contributed by atoms with Crippen molar-refractivity contribution in [2.45, 2.75) is 19.8 Å². The highest BCUT2D eigenvalue weighted by Gasteiger charge is 2.18. The second-order valence-electron chi connectivity index (χ2n) is 4.68. The minimum absolute atomic E-state index is 0.159. The summed E-state index contributed by atoms with van der Waals surface area (Å²) < 4.78 is 3.86. The van der Waals surface area contributed by atoms with Crippen LogP contribution in [0.25, 0.3) is 0 Å². The minimum atomic E-state index is -0.197. The fourth-order valence-electron chi connectivity index (χ4n) is 1.75. The summed E-state index contributed by atoms with van der Waals surface area (Å²) >= 11 is 1.11. The molecule has 0 aliphatic rings. The van der Waals surface area contributed by atoms with E-state index in [0.717, 1.165) is 22.8 Å². The van der Waals surface area contributed by atoms with Gasteiger partial charge >= 0.3 is 0 Å². The molecule has 0 saturated carbocycles. The van der Waals surface area contributed by atoms with Gasteiger partial charge in [0.05, 0.1) is 12.2 Å². The molecule has 2 rings (SSSR count). The average molecular weight is 300 g/mol. The second kappa shape index (κ2) is 6.97. The van der Waals surface area contributed by atoms with E-state index in [2.05, 4.69) is 26.7 Å². The molecule has 1 aromatic heterocycles. The van der Waals surface area contributed by atoms with Crippen LogP contribution in [0.4, 0.5) is 5.69 Å². The Balaban J connectivity index is 2.18. The first-order valence-corrected chi connectivity index (χ1v) is 7.31. The highest BCUT2D eigenvalue weighted by molar-refractivity contribution is 7.08. The summed E-state index contributed by atoms with van der Waals surface area (Å²) in [5.74, 6) is 5.68. The zero-order chi connectivity index (χ0) is 15.2. The van der Waals surface area contributed by atoms with Crippen LogP contribution in [0.2, 0.25) is 0 Å². The van der Waals surface area contributed by atoms with Crippen molar-refractivity contribution in [1.82, 2.24) is 9.59 Å². The number of benzene rings is 1. The number of nitrogens with two attached hydrogens (primary N) is 1. The monoisotopic (exact) mass is 300 g/mol. The topological polar surface area (TPSA) is 80.9 Å². The van der Waals surface area contributed by atoms with Gasteiger partial charge in [0.15, 0.2) is 0 Å². The molecular formula is C15H16N4OS. The summed E-state index contributed by atoms with van der Waals surface area (Å²) in [5, 5.41) is 6.86. The molecule has 6 heteroatoms. The van der Waals surface area contributed by atoms with Crippen molar-refractivity contribution >= 4 is 23.1 Å². The van der Waals surface area contributed by atoms with Gasteiger partial charge in [0.2, 0.25) is 0 Å². The number of hydrogen-bond donors (Lipinski definition) is 2. The first-order valence-electron chi connectivity index (χ1n) is 6.54. The van der Waals surface area contributed by atoms with Crippen LogP contribution >= 0.6 is 11.5 Å². The number of nitrogens with zero attached hydrogens (tertiary/aromatic N) is 2. The first kappa shape index (κ1) is 15.2. The van der Waals surface area contributed by atoms with Gasteiger partial charge in [-0.15, -0.1) is 5.10 Å². The molecule has 0 aliphatic heterocycles. The van der Waals surface area contributed by atoms with Crippen LogP contribution in [-0.4, -0.2) is 22.0 Å². The van der Waals surface area contributed by atoms with Crippen LogP contribution in [0.3, 0.4) is 0 Å². The SMILES string of the molecule is CC(C)c1nnsc1C(=O)Nc1cccc(C#CCN)c1. The van der Waals surface area contributed by atoms with Gasteiger partial charge < -0.3 is 11.1 Å². The van der Waals surface area contributed by atoms with Gasteiger partial charge in [0.25, 0.3) is 5.91 Å². The number of hydrogen-bond acceptors (Lipinski definition) is 5. The maximum atomic E-state index is 12.3. The molecule has 108 valence electrons. The molecule has 3 N–H and O–H groups in total. The zero-order valence-corrected chi connectivity index (χ0v) is 12.7. The van der Waals surface area contributed by atoms with E-state index in [1.54, 1.807) is 0 Å². The van der Waals surface area contributed by atoms with Gasteiger partial charge in [-0.05, 0) is 35.6 Å². The lowest BCUT2D eigenvalue weighted by Crippen LogP contribution is -2.13. The smallest absolute Gasteiger partial charge is 0.269 e. The van der Waals surface area contributed by atoms with Gasteiger partial charge in [-0.2, -0.15) is 0 Å². The fraction of sp³-hybridized carbons (Fsp3) is 0.267. The van der Waals surface area contributed by atoms with Gasteiger partial charge in [0.1, 0.15) is 4.88 Å². The molecule has 0 saturated heterocycles. The van der Waals surface area contributed by atoms with Crippen molar-refractivity contribution in [3.8, 4) is 11.8 Å². The van der Waals surface area contributed by atoms with E-state index in [4.69, 9.17) is 5.73 Å². The Labute approximate surface area is 127 Å². The fourth-order valence-corrected chi connectivity index (χ4v) is 2.46. The lowest BCUT2D eigenvalue weighted by molar-refractivity contribution is 0.102. The van der Waals surface area contributed by atoms with Crippen molar-refractivity contribution in [2.75, 3.05) is 11.9 Å². The van der Waals surface area contributed by atoms with Crippen LogP contribution in [-0.2, 0) is 0 Å². The average Bonchev–Trinajstić information content (AvgIpc) is 2.95. The third kappa shape index (κ3) is 3.88. The van der Waals surface area contributed by atoms with Crippen molar-refractivity contribution in [1.29, 1.82) is 0 Å². The minimum Gasteiger partial charge on any atom is -0.321 e. The molecule has 1 aromatic carbocycles. The van der Waals surface area contributed by atoms with Crippen molar-refractivity contribution < 1.29 is 4.79 Å². The van der Waals surface area contributed by atoms with Crippen LogP contribution in [0.1, 0.15) is 40.7 Å². The maximum Gasteiger partial charge on any atom is 0.269 e. The van der Waals surface area contributed by atoms with Gasteiger partial charge in [-0.3, -0.25) is 4.79 Å². The summed E-state index contributed by atoms with van der Waals surface area (Å²) in [4.78, 5) is 12.8. The van der Waals surface area contributed by atoms with E-state index in [0.29, 0.717) is 17.1 Å². The van der Waals surface area contributed by atoms with Gasteiger partial charge in [-0.1, -0.05) is 36.2 Å². The van der Waals surface area contributed by atoms with Crippen LogP contribution in [0.5, 0.6) is 0 Å². The molecule has 5 nitrogen and oxygen atoms in total. The second-order valence-corrected chi connectivity index (χ2v) is 5.44. The molecule has 2 aromatic rings. The molecule has 0 aliphatic carbocycles. The molecule has 21 heavy (non-hydrogen) atoms. The van der Waals surface area contributed by atoms with Crippen LogP contribution < -0.4 is 11.1 Å². The van der Waals surface area contributed by atoms with Crippen molar-refractivity contribution in [3.05, 3.63) is 40.4 Å². The number of rotatable bonds is 3. The molecule has 0 bridgehead atoms. The van der Waals surface area contributed by atoms with Gasteiger partial charge in [0, 0.05) is 11.3 Å². The molecule has 0 fully saturated rings. The van der Waals surface area contributed by atoms with E-state index in [9.17, 15) is 4.79 Å². The Kier molecular flexibility index (Phi) is 5.04. The predicted octanol–water partition coefficient (Wildman–Crippen LogP) is 2.22. The standard InChI is InChI=1S/C15H16N4OS/c1-10(2)13-14(21-19-18-13)15(20)17-12-7-3-5-11(9-12)6-4-8-16/h3,5,7,9-10H,8,16H2,1-2H3,(H,17,20). The number of aromatic nitrogens is 2.